The molecule has 1 fully saturated rings. The maximum absolute atomic E-state index is 12.0. The van der Waals surface area contributed by atoms with Gasteiger partial charge in [0.2, 0.25) is 15.0 Å². The lowest BCUT2D eigenvalue weighted by atomic mass is 10.1. The van der Waals surface area contributed by atoms with Crippen LogP contribution in [0.1, 0.15) is 12.0 Å². The van der Waals surface area contributed by atoms with Crippen molar-refractivity contribution in [2.75, 3.05) is 26.5 Å². The van der Waals surface area contributed by atoms with E-state index in [0.717, 1.165) is 5.56 Å². The first kappa shape index (κ1) is 16.9. The van der Waals surface area contributed by atoms with Gasteiger partial charge < -0.3 is 14.4 Å². The Labute approximate surface area is 134 Å². The van der Waals surface area contributed by atoms with Crippen LogP contribution in [-0.4, -0.2) is 45.7 Å². The summed E-state index contributed by atoms with van der Waals surface area (Å²) >= 11 is 0. The standard InChI is InChI=1S/C14H18ClNO5S/c1-20-12-5-3-4-11(14(12)21-2)8-16-7-10(6-13(16)17)9-22(15,18)19/h3-5,10H,6-9H2,1-2H3. The predicted octanol–water partition coefficient (Wildman–Crippen LogP) is 1.62. The topological polar surface area (TPSA) is 72.9 Å². The number of carbonyl (C=O) groups excluding carboxylic acids is 1. The lowest BCUT2D eigenvalue weighted by Crippen LogP contribution is -2.25. The molecule has 1 heterocycles. The number of carbonyl (C=O) groups is 1. The van der Waals surface area contributed by atoms with Crippen molar-refractivity contribution in [1.82, 2.24) is 4.90 Å². The molecule has 1 atom stereocenters. The SMILES string of the molecule is COc1cccc(CN2CC(CS(=O)(=O)Cl)CC2=O)c1OC. The number of methoxy groups -OCH3 is 2. The van der Waals surface area contributed by atoms with Crippen molar-refractivity contribution in [1.29, 1.82) is 0 Å². The summed E-state index contributed by atoms with van der Waals surface area (Å²) < 4.78 is 32.9. The summed E-state index contributed by atoms with van der Waals surface area (Å²) in [5.74, 6) is 0.617. The third-order valence-electron chi connectivity index (χ3n) is 3.58. The van der Waals surface area contributed by atoms with Crippen LogP contribution in [0.5, 0.6) is 11.5 Å². The number of benzene rings is 1. The Bertz CT molecular complexity index is 661. The van der Waals surface area contributed by atoms with Gasteiger partial charge in [-0.1, -0.05) is 12.1 Å². The van der Waals surface area contributed by atoms with Crippen LogP contribution in [0.25, 0.3) is 0 Å². The van der Waals surface area contributed by atoms with Gasteiger partial charge in [-0.2, -0.15) is 0 Å². The van der Waals surface area contributed by atoms with Crippen molar-refractivity contribution < 1.29 is 22.7 Å². The maximum atomic E-state index is 12.0. The molecule has 1 aliphatic rings. The Morgan fingerprint density at radius 2 is 2.05 bits per heavy atom. The molecule has 1 aromatic rings. The van der Waals surface area contributed by atoms with E-state index in [2.05, 4.69) is 0 Å². The molecule has 1 amide bonds. The molecule has 1 unspecified atom stereocenters. The van der Waals surface area contributed by atoms with E-state index < -0.39 is 9.05 Å². The average Bonchev–Trinajstić information content (AvgIpc) is 2.76. The Morgan fingerprint density at radius 3 is 2.64 bits per heavy atom. The van der Waals surface area contributed by atoms with Gasteiger partial charge in [-0.25, -0.2) is 8.42 Å². The second kappa shape index (κ2) is 6.75. The van der Waals surface area contributed by atoms with Gasteiger partial charge >= 0.3 is 0 Å². The van der Waals surface area contributed by atoms with Gasteiger partial charge in [0, 0.05) is 41.7 Å². The fourth-order valence-electron chi connectivity index (χ4n) is 2.68. The zero-order valence-electron chi connectivity index (χ0n) is 12.4. The van der Waals surface area contributed by atoms with E-state index in [4.69, 9.17) is 20.2 Å². The van der Waals surface area contributed by atoms with E-state index >= 15 is 0 Å². The van der Waals surface area contributed by atoms with Crippen molar-refractivity contribution in [2.24, 2.45) is 5.92 Å². The Balaban J connectivity index is 2.13. The van der Waals surface area contributed by atoms with Crippen LogP contribution < -0.4 is 9.47 Å². The van der Waals surface area contributed by atoms with E-state index in [1.54, 1.807) is 18.1 Å². The fraction of sp³-hybridized carbons (Fsp3) is 0.500. The highest BCUT2D eigenvalue weighted by molar-refractivity contribution is 8.13. The molecule has 1 saturated heterocycles. The quantitative estimate of drug-likeness (QED) is 0.731. The number of hydrogen-bond donors (Lipinski definition) is 0. The van der Waals surface area contributed by atoms with Gasteiger partial charge in [-0.05, 0) is 6.07 Å². The molecule has 2 rings (SSSR count). The molecule has 1 aromatic carbocycles. The van der Waals surface area contributed by atoms with Crippen molar-refractivity contribution in [2.45, 2.75) is 13.0 Å². The van der Waals surface area contributed by atoms with Crippen molar-refractivity contribution in [3.8, 4) is 11.5 Å². The van der Waals surface area contributed by atoms with Crippen LogP contribution >= 0.6 is 10.7 Å². The first-order valence-corrected chi connectivity index (χ1v) is 9.22. The van der Waals surface area contributed by atoms with Crippen LogP contribution in [0.3, 0.4) is 0 Å². The number of amides is 1. The molecule has 6 nitrogen and oxygen atoms in total. The molecule has 22 heavy (non-hydrogen) atoms. The molecule has 122 valence electrons. The molecule has 0 saturated carbocycles. The zero-order valence-corrected chi connectivity index (χ0v) is 14.0. The lowest BCUT2D eigenvalue weighted by molar-refractivity contribution is -0.128. The zero-order chi connectivity index (χ0) is 16.3. The smallest absolute Gasteiger partial charge is 0.232 e. The third kappa shape index (κ3) is 4.04. The number of nitrogens with zero attached hydrogens (tertiary/aromatic N) is 1. The number of rotatable bonds is 6. The summed E-state index contributed by atoms with van der Waals surface area (Å²) in [6, 6.07) is 5.44. The van der Waals surface area contributed by atoms with Gasteiger partial charge in [0.05, 0.1) is 20.0 Å². The Kier molecular flexibility index (Phi) is 5.18. The minimum Gasteiger partial charge on any atom is -0.493 e. The van der Waals surface area contributed by atoms with Gasteiger partial charge in [0.1, 0.15) is 0 Å². The lowest BCUT2D eigenvalue weighted by Gasteiger charge is -2.19. The molecule has 0 aliphatic carbocycles. The molecule has 1 aliphatic heterocycles. The first-order chi connectivity index (χ1) is 10.3. The molecule has 0 radical (unpaired) electrons. The van der Waals surface area contributed by atoms with Crippen LogP contribution in [-0.2, 0) is 20.4 Å². The normalized spacial score (nSPS) is 18.6. The Morgan fingerprint density at radius 1 is 1.32 bits per heavy atom. The summed E-state index contributed by atoms with van der Waals surface area (Å²) in [4.78, 5) is 13.7. The minimum atomic E-state index is -3.60. The second-order valence-corrected chi connectivity index (χ2v) is 8.02. The molecular weight excluding hydrogens is 330 g/mol. The Hall–Kier alpha value is -1.47. The average molecular weight is 348 g/mol. The summed E-state index contributed by atoms with van der Waals surface area (Å²) in [6.45, 7) is 0.711. The second-order valence-electron chi connectivity index (χ2n) is 5.20. The van der Waals surface area contributed by atoms with Crippen LogP contribution in [0.4, 0.5) is 0 Å². The largest absolute Gasteiger partial charge is 0.493 e. The van der Waals surface area contributed by atoms with Crippen molar-refractivity contribution in [3.63, 3.8) is 0 Å². The third-order valence-corrected chi connectivity index (χ3v) is 4.82. The summed E-state index contributed by atoms with van der Waals surface area (Å²) in [5, 5.41) is 0. The monoisotopic (exact) mass is 347 g/mol. The summed E-state index contributed by atoms with van der Waals surface area (Å²) in [5.41, 5.74) is 0.810. The molecular formula is C14H18ClNO5S. The number of likely N-dealkylation sites (tertiary alicyclic amines) is 1. The minimum absolute atomic E-state index is 0.0878. The summed E-state index contributed by atoms with van der Waals surface area (Å²) in [6.07, 6.45) is 0.193. The number of para-hydroxylation sites is 1. The van der Waals surface area contributed by atoms with E-state index in [1.165, 1.54) is 7.11 Å². The highest BCUT2D eigenvalue weighted by Gasteiger charge is 2.32. The molecule has 0 aromatic heterocycles. The number of ether oxygens (including phenoxy) is 2. The fourth-order valence-corrected chi connectivity index (χ4v) is 4.00. The molecule has 0 bridgehead atoms. The highest BCUT2D eigenvalue weighted by atomic mass is 35.7. The molecule has 0 spiro atoms. The van der Waals surface area contributed by atoms with E-state index in [0.29, 0.717) is 24.6 Å². The molecule has 8 heteroatoms. The maximum Gasteiger partial charge on any atom is 0.232 e. The predicted molar refractivity (Wildman–Crippen MR) is 82.7 cm³/mol. The van der Waals surface area contributed by atoms with Crippen LogP contribution in [0.2, 0.25) is 0 Å². The van der Waals surface area contributed by atoms with Crippen LogP contribution in [0.15, 0.2) is 18.2 Å². The van der Waals surface area contributed by atoms with Gasteiger partial charge in [0.25, 0.3) is 0 Å². The van der Waals surface area contributed by atoms with E-state index in [9.17, 15) is 13.2 Å². The van der Waals surface area contributed by atoms with Gasteiger partial charge in [-0.3, -0.25) is 4.79 Å². The van der Waals surface area contributed by atoms with Crippen molar-refractivity contribution in [3.05, 3.63) is 23.8 Å². The van der Waals surface area contributed by atoms with Crippen molar-refractivity contribution >= 4 is 25.6 Å². The van der Waals surface area contributed by atoms with Crippen LogP contribution in [0, 0.1) is 5.92 Å². The van der Waals surface area contributed by atoms with Gasteiger partial charge in [-0.15, -0.1) is 0 Å². The first-order valence-electron chi connectivity index (χ1n) is 6.74. The number of halogens is 1. The highest BCUT2D eigenvalue weighted by Crippen LogP contribution is 2.33. The number of hydrogen-bond acceptors (Lipinski definition) is 5. The van der Waals surface area contributed by atoms with E-state index in [-0.39, 0.29) is 24.0 Å². The summed E-state index contributed by atoms with van der Waals surface area (Å²) in [7, 11) is 4.74. The van der Waals surface area contributed by atoms with E-state index in [1.807, 2.05) is 12.1 Å². The molecule has 0 N–H and O–H groups in total. The van der Waals surface area contributed by atoms with Gasteiger partial charge in [0.15, 0.2) is 11.5 Å².